The molecule has 0 aliphatic heterocycles. The van der Waals surface area contributed by atoms with Crippen LogP contribution in [0.4, 0.5) is 4.79 Å². The number of carbonyl (C=O) groups excluding carboxylic acids is 1. The Morgan fingerprint density at radius 1 is 1.21 bits per heavy atom. The molecule has 0 spiro atoms. The summed E-state index contributed by atoms with van der Waals surface area (Å²) in [6, 6.07) is 0.855. The number of urea groups is 1. The highest BCUT2D eigenvalue weighted by Crippen LogP contribution is 2.37. The lowest BCUT2D eigenvalue weighted by atomic mass is 9.87. The van der Waals surface area contributed by atoms with Gasteiger partial charge in [-0.15, -0.1) is 0 Å². The summed E-state index contributed by atoms with van der Waals surface area (Å²) in [6.07, 6.45) is 5.90. The molecule has 14 heavy (non-hydrogen) atoms. The Hall–Kier alpha value is -0.730. The van der Waals surface area contributed by atoms with E-state index in [1.165, 1.54) is 12.8 Å². The summed E-state index contributed by atoms with van der Waals surface area (Å²) in [5, 5.41) is 6.06. The Kier molecular flexibility index (Phi) is 2.41. The summed E-state index contributed by atoms with van der Waals surface area (Å²) in [6.45, 7) is 4.48. The average Bonchev–Trinajstić information content (AvgIpc) is 2.80. The van der Waals surface area contributed by atoms with E-state index in [-0.39, 0.29) is 11.4 Å². The quantitative estimate of drug-likeness (QED) is 0.697. The predicted molar refractivity (Wildman–Crippen MR) is 56.1 cm³/mol. The van der Waals surface area contributed by atoms with Gasteiger partial charge in [0.05, 0.1) is 0 Å². The Bertz CT molecular complexity index is 233. The standard InChI is InChI=1S/C11H20N2O/c1-11(2)7-3-4-9(11)13-10(14)12-8-5-6-8/h8-9H,3-7H2,1-2H3,(H2,12,13,14). The van der Waals surface area contributed by atoms with Gasteiger partial charge in [-0.25, -0.2) is 4.79 Å². The highest BCUT2D eigenvalue weighted by atomic mass is 16.2. The van der Waals surface area contributed by atoms with E-state index in [1.807, 2.05) is 0 Å². The second-order valence-corrected chi connectivity index (χ2v) is 5.33. The summed E-state index contributed by atoms with van der Waals surface area (Å²) in [7, 11) is 0. The first-order valence-corrected chi connectivity index (χ1v) is 5.65. The zero-order valence-corrected chi connectivity index (χ0v) is 9.10. The van der Waals surface area contributed by atoms with E-state index >= 15 is 0 Å². The van der Waals surface area contributed by atoms with Crippen molar-refractivity contribution in [3.8, 4) is 0 Å². The zero-order valence-electron chi connectivity index (χ0n) is 9.10. The first kappa shape index (κ1) is 9.81. The van der Waals surface area contributed by atoms with E-state index in [1.54, 1.807) is 0 Å². The molecule has 2 aliphatic carbocycles. The van der Waals surface area contributed by atoms with Crippen molar-refractivity contribution in [1.29, 1.82) is 0 Å². The minimum absolute atomic E-state index is 0.0347. The number of carbonyl (C=O) groups is 1. The molecule has 2 fully saturated rings. The molecule has 0 bridgehead atoms. The third-order valence-corrected chi connectivity index (χ3v) is 3.48. The molecule has 2 aliphatic rings. The lowest BCUT2D eigenvalue weighted by Gasteiger charge is -2.27. The van der Waals surface area contributed by atoms with Crippen LogP contribution >= 0.6 is 0 Å². The monoisotopic (exact) mass is 196 g/mol. The molecule has 0 saturated heterocycles. The van der Waals surface area contributed by atoms with Gasteiger partial charge in [0.25, 0.3) is 0 Å². The van der Waals surface area contributed by atoms with Gasteiger partial charge in [0.1, 0.15) is 0 Å². The lowest BCUT2D eigenvalue weighted by molar-refractivity contribution is 0.222. The number of nitrogens with one attached hydrogen (secondary N) is 2. The third kappa shape index (κ3) is 2.20. The summed E-state index contributed by atoms with van der Waals surface area (Å²) in [5.41, 5.74) is 0.279. The fourth-order valence-corrected chi connectivity index (χ4v) is 2.21. The number of hydrogen-bond acceptors (Lipinski definition) is 1. The van der Waals surface area contributed by atoms with E-state index < -0.39 is 0 Å². The van der Waals surface area contributed by atoms with Crippen molar-refractivity contribution in [2.24, 2.45) is 5.41 Å². The van der Waals surface area contributed by atoms with Gasteiger partial charge < -0.3 is 10.6 Å². The average molecular weight is 196 g/mol. The molecule has 0 aromatic rings. The molecule has 1 unspecified atom stereocenters. The molecular weight excluding hydrogens is 176 g/mol. The molecule has 0 heterocycles. The minimum Gasteiger partial charge on any atom is -0.335 e. The van der Waals surface area contributed by atoms with Crippen LogP contribution in [0.1, 0.15) is 46.0 Å². The molecule has 3 heteroatoms. The van der Waals surface area contributed by atoms with Crippen LogP contribution in [0.2, 0.25) is 0 Å². The highest BCUT2D eigenvalue weighted by Gasteiger charge is 2.36. The van der Waals surface area contributed by atoms with Crippen molar-refractivity contribution in [2.45, 2.75) is 58.0 Å². The van der Waals surface area contributed by atoms with Crippen LogP contribution in [-0.4, -0.2) is 18.1 Å². The van der Waals surface area contributed by atoms with Gasteiger partial charge >= 0.3 is 6.03 Å². The molecule has 2 rings (SSSR count). The number of rotatable bonds is 2. The lowest BCUT2D eigenvalue weighted by Crippen LogP contribution is -2.47. The molecular formula is C11H20N2O. The third-order valence-electron chi connectivity index (χ3n) is 3.48. The van der Waals surface area contributed by atoms with Gasteiger partial charge in [0.15, 0.2) is 0 Å². The van der Waals surface area contributed by atoms with Crippen LogP contribution in [0, 0.1) is 5.41 Å². The molecule has 1 atom stereocenters. The van der Waals surface area contributed by atoms with E-state index in [9.17, 15) is 4.79 Å². The Labute approximate surface area is 85.6 Å². The second kappa shape index (κ2) is 3.44. The van der Waals surface area contributed by atoms with E-state index in [4.69, 9.17) is 0 Å². The largest absolute Gasteiger partial charge is 0.335 e. The van der Waals surface area contributed by atoms with Crippen molar-refractivity contribution < 1.29 is 4.79 Å². The molecule has 3 nitrogen and oxygen atoms in total. The van der Waals surface area contributed by atoms with Crippen molar-refractivity contribution in [1.82, 2.24) is 10.6 Å². The second-order valence-electron chi connectivity index (χ2n) is 5.33. The summed E-state index contributed by atoms with van der Waals surface area (Å²) in [5.74, 6) is 0. The Balaban J connectivity index is 1.80. The molecule has 0 aromatic carbocycles. The van der Waals surface area contributed by atoms with Crippen molar-refractivity contribution >= 4 is 6.03 Å². The molecule has 0 aromatic heterocycles. The maximum atomic E-state index is 11.5. The Morgan fingerprint density at radius 2 is 1.93 bits per heavy atom. The van der Waals surface area contributed by atoms with Gasteiger partial charge in [0.2, 0.25) is 0 Å². The highest BCUT2D eigenvalue weighted by molar-refractivity contribution is 5.75. The van der Waals surface area contributed by atoms with Crippen LogP contribution < -0.4 is 10.6 Å². The molecule has 2 N–H and O–H groups in total. The fraction of sp³-hybridized carbons (Fsp3) is 0.909. The van der Waals surface area contributed by atoms with E-state index in [0.717, 1.165) is 19.3 Å². The summed E-state index contributed by atoms with van der Waals surface area (Å²) < 4.78 is 0. The van der Waals surface area contributed by atoms with E-state index in [2.05, 4.69) is 24.5 Å². The smallest absolute Gasteiger partial charge is 0.315 e. The fourth-order valence-electron chi connectivity index (χ4n) is 2.21. The van der Waals surface area contributed by atoms with Gasteiger partial charge in [-0.3, -0.25) is 0 Å². The van der Waals surface area contributed by atoms with Crippen LogP contribution in [0.25, 0.3) is 0 Å². The van der Waals surface area contributed by atoms with E-state index in [0.29, 0.717) is 12.1 Å². The Morgan fingerprint density at radius 3 is 2.43 bits per heavy atom. The van der Waals surface area contributed by atoms with Crippen LogP contribution in [-0.2, 0) is 0 Å². The van der Waals surface area contributed by atoms with Crippen LogP contribution in [0.15, 0.2) is 0 Å². The first-order valence-electron chi connectivity index (χ1n) is 5.65. The maximum absolute atomic E-state index is 11.5. The van der Waals surface area contributed by atoms with Gasteiger partial charge in [-0.2, -0.15) is 0 Å². The van der Waals surface area contributed by atoms with Crippen LogP contribution in [0.5, 0.6) is 0 Å². The minimum atomic E-state index is 0.0347. The van der Waals surface area contributed by atoms with Crippen LogP contribution in [0.3, 0.4) is 0 Å². The molecule has 80 valence electrons. The van der Waals surface area contributed by atoms with Crippen molar-refractivity contribution in [3.63, 3.8) is 0 Å². The first-order chi connectivity index (χ1) is 6.58. The summed E-state index contributed by atoms with van der Waals surface area (Å²) in [4.78, 5) is 11.5. The normalized spacial score (nSPS) is 30.0. The number of hydrogen-bond donors (Lipinski definition) is 2. The van der Waals surface area contributed by atoms with Gasteiger partial charge in [-0.05, 0) is 31.1 Å². The molecule has 2 saturated carbocycles. The zero-order chi connectivity index (χ0) is 10.2. The molecule has 2 amide bonds. The molecule has 0 radical (unpaired) electrons. The summed E-state index contributed by atoms with van der Waals surface area (Å²) >= 11 is 0. The van der Waals surface area contributed by atoms with Crippen molar-refractivity contribution in [3.05, 3.63) is 0 Å². The maximum Gasteiger partial charge on any atom is 0.315 e. The SMILES string of the molecule is CC1(C)CCCC1NC(=O)NC1CC1. The topological polar surface area (TPSA) is 41.1 Å². The van der Waals surface area contributed by atoms with Crippen molar-refractivity contribution in [2.75, 3.05) is 0 Å². The van der Waals surface area contributed by atoms with Gasteiger partial charge in [0, 0.05) is 12.1 Å². The number of amides is 2. The van der Waals surface area contributed by atoms with Gasteiger partial charge in [-0.1, -0.05) is 20.3 Å². The predicted octanol–water partition coefficient (Wildman–Crippen LogP) is 2.03.